The minimum atomic E-state index is -0.598. The van der Waals surface area contributed by atoms with Crippen molar-refractivity contribution in [3.63, 3.8) is 0 Å². The molecule has 5 rings (SSSR count). The van der Waals surface area contributed by atoms with Crippen molar-refractivity contribution >= 4 is 17.4 Å². The first-order chi connectivity index (χ1) is 13.6. The van der Waals surface area contributed by atoms with E-state index in [9.17, 15) is 9.18 Å². The van der Waals surface area contributed by atoms with Gasteiger partial charge in [-0.25, -0.2) is 4.39 Å². The highest BCUT2D eigenvalue weighted by Gasteiger charge is 2.35. The molecule has 0 aromatic carbocycles. The molecule has 1 amide bonds. The van der Waals surface area contributed by atoms with Crippen molar-refractivity contribution in [2.24, 2.45) is 0 Å². The molecule has 0 spiro atoms. The lowest BCUT2D eigenvalue weighted by Crippen LogP contribution is -2.60. The van der Waals surface area contributed by atoms with Gasteiger partial charge in [0.1, 0.15) is 5.82 Å². The first-order valence-electron chi connectivity index (χ1n) is 9.46. The van der Waals surface area contributed by atoms with Crippen LogP contribution in [0.4, 0.5) is 10.2 Å². The monoisotopic (exact) mass is 381 g/mol. The largest absolute Gasteiger partial charge is 0.351 e. The van der Waals surface area contributed by atoms with E-state index in [1.54, 1.807) is 11.9 Å². The highest BCUT2D eigenvalue weighted by Crippen LogP contribution is 2.35. The van der Waals surface area contributed by atoms with E-state index in [2.05, 4.69) is 20.1 Å². The van der Waals surface area contributed by atoms with Crippen molar-refractivity contribution < 1.29 is 9.18 Å². The van der Waals surface area contributed by atoms with Gasteiger partial charge in [0, 0.05) is 32.3 Å². The maximum Gasteiger partial charge on any atom is 0.257 e. The zero-order chi connectivity index (χ0) is 19.3. The molecule has 144 valence electrons. The number of amides is 1. The van der Waals surface area contributed by atoms with Crippen LogP contribution in [0.3, 0.4) is 0 Å². The van der Waals surface area contributed by atoms with Gasteiger partial charge in [-0.1, -0.05) is 6.42 Å². The second-order valence-electron chi connectivity index (χ2n) is 7.48. The smallest absolute Gasteiger partial charge is 0.257 e. The number of carbonyl (C=O) groups excluding carboxylic acids is 1. The number of carbonyl (C=O) groups is 1. The molecule has 1 saturated heterocycles. The van der Waals surface area contributed by atoms with Crippen molar-refractivity contribution in [2.45, 2.75) is 31.2 Å². The summed E-state index contributed by atoms with van der Waals surface area (Å²) in [6.07, 6.45) is 5.99. The topological polar surface area (TPSA) is 79.5 Å². The van der Waals surface area contributed by atoms with E-state index < -0.39 is 5.82 Å². The Morgan fingerprint density at radius 1 is 1.21 bits per heavy atom. The molecular formula is C19H20FN7O. The van der Waals surface area contributed by atoms with Crippen molar-refractivity contribution in [3.05, 3.63) is 47.8 Å². The molecule has 0 unspecified atom stereocenters. The highest BCUT2D eigenvalue weighted by atomic mass is 19.1. The Hall–Kier alpha value is -3.10. The maximum atomic E-state index is 13.8. The molecule has 0 bridgehead atoms. The van der Waals surface area contributed by atoms with Crippen LogP contribution in [0.15, 0.2) is 30.6 Å². The van der Waals surface area contributed by atoms with Crippen molar-refractivity contribution in [1.29, 1.82) is 0 Å². The zero-order valence-corrected chi connectivity index (χ0v) is 15.5. The standard InChI is InChI=1S/C19H20FN7O/c1-25(19(28)14-7-8-21-9-15(14)20)13-10-26(11-13)17-6-5-16-22-23-18(27(16)24-17)12-3-2-4-12/h5-9,12-13H,2-4,10-11H2,1H3. The van der Waals surface area contributed by atoms with Gasteiger partial charge >= 0.3 is 0 Å². The number of pyridine rings is 1. The lowest BCUT2D eigenvalue weighted by Gasteiger charge is -2.44. The predicted molar refractivity (Wildman–Crippen MR) is 99.7 cm³/mol. The third-order valence-corrected chi connectivity index (χ3v) is 5.80. The van der Waals surface area contributed by atoms with Crippen LogP contribution < -0.4 is 4.90 Å². The van der Waals surface area contributed by atoms with Gasteiger partial charge in [0.15, 0.2) is 17.3 Å². The maximum absolute atomic E-state index is 13.8. The number of hydrogen-bond donors (Lipinski definition) is 0. The summed E-state index contributed by atoms with van der Waals surface area (Å²) in [6.45, 7) is 1.29. The van der Waals surface area contributed by atoms with E-state index in [0.717, 1.165) is 36.3 Å². The summed E-state index contributed by atoms with van der Waals surface area (Å²) in [7, 11) is 1.70. The molecule has 0 atom stereocenters. The Morgan fingerprint density at radius 2 is 2.04 bits per heavy atom. The molecule has 2 aliphatic rings. The number of rotatable bonds is 4. The van der Waals surface area contributed by atoms with Crippen LogP contribution in [0.1, 0.15) is 41.4 Å². The van der Waals surface area contributed by atoms with Gasteiger partial charge in [0.25, 0.3) is 5.91 Å². The molecule has 0 N–H and O–H groups in total. The molecule has 2 fully saturated rings. The molecule has 9 heteroatoms. The Kier molecular flexibility index (Phi) is 3.96. The fourth-order valence-electron chi connectivity index (χ4n) is 3.68. The predicted octanol–water partition coefficient (Wildman–Crippen LogP) is 1.89. The van der Waals surface area contributed by atoms with Crippen LogP contribution in [0.5, 0.6) is 0 Å². The van der Waals surface area contributed by atoms with E-state index in [0.29, 0.717) is 19.0 Å². The van der Waals surface area contributed by atoms with Gasteiger partial charge in [0.2, 0.25) is 0 Å². The van der Waals surface area contributed by atoms with Crippen LogP contribution in [0.2, 0.25) is 0 Å². The summed E-state index contributed by atoms with van der Waals surface area (Å²) in [4.78, 5) is 19.9. The van der Waals surface area contributed by atoms with Gasteiger partial charge in [-0.15, -0.1) is 15.3 Å². The van der Waals surface area contributed by atoms with Crippen LogP contribution in [-0.4, -0.2) is 61.8 Å². The lowest BCUT2D eigenvalue weighted by molar-refractivity contribution is 0.0700. The van der Waals surface area contributed by atoms with Crippen molar-refractivity contribution in [3.8, 4) is 0 Å². The highest BCUT2D eigenvalue weighted by molar-refractivity contribution is 5.94. The minimum absolute atomic E-state index is 0.00424. The van der Waals surface area contributed by atoms with Crippen LogP contribution >= 0.6 is 0 Å². The molecule has 1 aliphatic heterocycles. The summed E-state index contributed by atoms with van der Waals surface area (Å²) in [5.74, 6) is 1.28. The summed E-state index contributed by atoms with van der Waals surface area (Å²) < 4.78 is 15.7. The molecule has 1 aliphatic carbocycles. The summed E-state index contributed by atoms with van der Waals surface area (Å²) in [5.41, 5.74) is 0.799. The number of likely N-dealkylation sites (N-methyl/N-ethyl adjacent to an activating group) is 1. The summed E-state index contributed by atoms with van der Waals surface area (Å²) >= 11 is 0. The second kappa shape index (κ2) is 6.50. The Balaban J connectivity index is 1.30. The van der Waals surface area contributed by atoms with Gasteiger partial charge < -0.3 is 9.80 Å². The molecule has 0 radical (unpaired) electrons. The number of aromatic nitrogens is 5. The SMILES string of the molecule is CN(C(=O)c1ccncc1F)C1CN(c2ccc3nnc(C4CCC4)n3n2)C1. The molecule has 3 aromatic heterocycles. The van der Waals surface area contributed by atoms with E-state index in [-0.39, 0.29) is 17.5 Å². The molecule has 8 nitrogen and oxygen atoms in total. The van der Waals surface area contributed by atoms with Crippen LogP contribution in [-0.2, 0) is 0 Å². The molecule has 28 heavy (non-hydrogen) atoms. The Labute approximate surface area is 161 Å². The Bertz CT molecular complexity index is 1040. The summed E-state index contributed by atoms with van der Waals surface area (Å²) in [6, 6.07) is 5.26. The second-order valence-corrected chi connectivity index (χ2v) is 7.48. The van der Waals surface area contributed by atoms with Gasteiger partial charge in [-0.2, -0.15) is 4.52 Å². The lowest BCUT2D eigenvalue weighted by atomic mass is 9.85. The van der Waals surface area contributed by atoms with Gasteiger partial charge in [-0.05, 0) is 31.0 Å². The van der Waals surface area contributed by atoms with Gasteiger partial charge in [0.05, 0.1) is 17.8 Å². The van der Waals surface area contributed by atoms with Crippen molar-refractivity contribution in [2.75, 3.05) is 25.0 Å². The van der Waals surface area contributed by atoms with Gasteiger partial charge in [-0.3, -0.25) is 9.78 Å². The van der Waals surface area contributed by atoms with Crippen molar-refractivity contribution in [1.82, 2.24) is 29.7 Å². The average Bonchev–Trinajstić information content (AvgIpc) is 3.02. The normalized spacial score (nSPS) is 17.4. The molecule has 4 heterocycles. The fourth-order valence-corrected chi connectivity index (χ4v) is 3.68. The molecule has 3 aromatic rings. The fraction of sp³-hybridized carbons (Fsp3) is 0.421. The number of hydrogen-bond acceptors (Lipinski definition) is 6. The third-order valence-electron chi connectivity index (χ3n) is 5.80. The third kappa shape index (κ3) is 2.69. The number of nitrogens with zero attached hydrogens (tertiary/aromatic N) is 7. The van der Waals surface area contributed by atoms with Crippen LogP contribution in [0, 0.1) is 5.82 Å². The van der Waals surface area contributed by atoms with E-state index in [1.807, 2.05) is 16.6 Å². The minimum Gasteiger partial charge on any atom is -0.351 e. The molecular weight excluding hydrogens is 361 g/mol. The number of fused-ring (bicyclic) bond motifs is 1. The number of anilines is 1. The van der Waals surface area contributed by atoms with Crippen LogP contribution in [0.25, 0.3) is 5.65 Å². The zero-order valence-electron chi connectivity index (χ0n) is 15.5. The van der Waals surface area contributed by atoms with E-state index in [4.69, 9.17) is 5.10 Å². The Morgan fingerprint density at radius 3 is 2.75 bits per heavy atom. The number of halogens is 1. The van der Waals surface area contributed by atoms with E-state index >= 15 is 0 Å². The average molecular weight is 381 g/mol. The molecule has 1 saturated carbocycles. The van der Waals surface area contributed by atoms with E-state index in [1.165, 1.54) is 18.7 Å². The first kappa shape index (κ1) is 17.0. The summed E-state index contributed by atoms with van der Waals surface area (Å²) in [5, 5.41) is 13.2. The first-order valence-corrected chi connectivity index (χ1v) is 9.46. The quantitative estimate of drug-likeness (QED) is 0.687.